The van der Waals surface area contributed by atoms with E-state index in [2.05, 4.69) is 39.9 Å². The van der Waals surface area contributed by atoms with E-state index in [0.717, 1.165) is 23.7 Å². The Morgan fingerprint density at radius 3 is 2.68 bits per heavy atom. The van der Waals surface area contributed by atoms with Crippen molar-refractivity contribution >= 4 is 24.5 Å². The molecule has 0 spiro atoms. The standard InChI is InChI=1S/C16H27BNS/c1-10(2)16-7-5-6-13-12(8-14(16)17-16)9-15(19)18(13)11(3)4/h10-14H,5-9H2,1-4H3. The van der Waals surface area contributed by atoms with E-state index in [1.807, 2.05) is 0 Å². The molecule has 4 atom stereocenters. The van der Waals surface area contributed by atoms with Crippen molar-refractivity contribution in [2.24, 2.45) is 11.8 Å². The Morgan fingerprint density at radius 2 is 2.05 bits per heavy atom. The summed E-state index contributed by atoms with van der Waals surface area (Å²) in [7, 11) is 2.67. The Bertz CT molecular complexity index is 381. The van der Waals surface area contributed by atoms with Gasteiger partial charge in [-0.2, -0.15) is 0 Å². The van der Waals surface area contributed by atoms with Gasteiger partial charge in [0.05, 0.1) is 4.99 Å². The fourth-order valence-electron chi connectivity index (χ4n) is 4.90. The van der Waals surface area contributed by atoms with Crippen molar-refractivity contribution in [3.05, 3.63) is 0 Å². The van der Waals surface area contributed by atoms with E-state index in [4.69, 9.17) is 12.2 Å². The van der Waals surface area contributed by atoms with Gasteiger partial charge < -0.3 is 4.90 Å². The molecular formula is C16H27BNS. The molecule has 2 aliphatic heterocycles. The van der Waals surface area contributed by atoms with Crippen LogP contribution in [0.4, 0.5) is 0 Å². The van der Waals surface area contributed by atoms with Gasteiger partial charge in [0.2, 0.25) is 0 Å². The lowest BCUT2D eigenvalue weighted by Crippen LogP contribution is -2.40. The molecule has 0 aromatic carbocycles. The zero-order valence-corrected chi connectivity index (χ0v) is 13.7. The first kappa shape index (κ1) is 13.9. The molecule has 4 unspecified atom stereocenters. The molecule has 0 amide bonds. The average molecular weight is 276 g/mol. The number of fused-ring (bicyclic) bond motifs is 2. The second kappa shape index (κ2) is 4.75. The minimum atomic E-state index is 0.583. The Morgan fingerprint density at radius 1 is 1.32 bits per heavy atom. The highest BCUT2D eigenvalue weighted by Crippen LogP contribution is 2.69. The van der Waals surface area contributed by atoms with Crippen LogP contribution in [0.5, 0.6) is 0 Å². The molecule has 3 aliphatic rings. The van der Waals surface area contributed by atoms with Gasteiger partial charge in [-0.25, -0.2) is 0 Å². The van der Waals surface area contributed by atoms with Gasteiger partial charge in [0.15, 0.2) is 0 Å². The van der Waals surface area contributed by atoms with E-state index in [0.29, 0.717) is 11.4 Å². The second-order valence-corrected chi connectivity index (χ2v) is 8.07. The molecule has 2 heterocycles. The fourth-order valence-corrected chi connectivity index (χ4v) is 5.46. The number of rotatable bonds is 2. The molecule has 1 saturated carbocycles. The molecule has 0 aromatic heterocycles. The van der Waals surface area contributed by atoms with Gasteiger partial charge in [0.25, 0.3) is 0 Å². The number of nitrogens with zero attached hydrogens (tertiary/aromatic N) is 1. The first-order chi connectivity index (χ1) is 8.95. The molecule has 3 fully saturated rings. The lowest BCUT2D eigenvalue weighted by atomic mass is 9.74. The number of likely N-dealkylation sites (tertiary alicyclic amines) is 1. The molecule has 3 rings (SSSR count). The number of hydrogen-bond acceptors (Lipinski definition) is 1. The third-order valence-corrected chi connectivity index (χ3v) is 6.39. The first-order valence-corrected chi connectivity index (χ1v) is 8.53. The minimum absolute atomic E-state index is 0.583. The predicted octanol–water partition coefficient (Wildman–Crippen LogP) is 4.31. The molecule has 2 saturated heterocycles. The van der Waals surface area contributed by atoms with Crippen molar-refractivity contribution in [1.29, 1.82) is 0 Å². The van der Waals surface area contributed by atoms with Crippen LogP contribution >= 0.6 is 12.2 Å². The number of hydrogen-bond donors (Lipinski definition) is 0. The summed E-state index contributed by atoms with van der Waals surface area (Å²) >= 11 is 5.67. The van der Waals surface area contributed by atoms with Gasteiger partial charge >= 0.3 is 0 Å². The third-order valence-electron chi connectivity index (χ3n) is 6.02. The summed E-state index contributed by atoms with van der Waals surface area (Å²) in [5.41, 5.74) is 0. The van der Waals surface area contributed by atoms with Crippen LogP contribution in [0, 0.1) is 11.8 Å². The quantitative estimate of drug-likeness (QED) is 0.546. The van der Waals surface area contributed by atoms with Crippen LogP contribution in [0.25, 0.3) is 0 Å². The predicted molar refractivity (Wildman–Crippen MR) is 87.0 cm³/mol. The Hall–Kier alpha value is -0.0451. The normalized spacial score (nSPS) is 41.7. The Kier molecular flexibility index (Phi) is 3.48. The van der Waals surface area contributed by atoms with Gasteiger partial charge in [0, 0.05) is 18.5 Å². The van der Waals surface area contributed by atoms with Crippen LogP contribution in [-0.2, 0) is 0 Å². The molecule has 0 bridgehead atoms. The molecular weight excluding hydrogens is 249 g/mol. The van der Waals surface area contributed by atoms with Crippen molar-refractivity contribution in [1.82, 2.24) is 4.90 Å². The third kappa shape index (κ3) is 2.16. The molecule has 1 aliphatic carbocycles. The molecule has 0 aromatic rings. The van der Waals surface area contributed by atoms with E-state index in [1.165, 1.54) is 37.1 Å². The first-order valence-electron chi connectivity index (χ1n) is 8.13. The average Bonchev–Trinajstić information content (AvgIpc) is 2.87. The molecule has 1 radical (unpaired) electrons. The summed E-state index contributed by atoms with van der Waals surface area (Å²) in [5.74, 6) is 2.54. The van der Waals surface area contributed by atoms with Crippen LogP contribution in [0.1, 0.15) is 59.8 Å². The van der Waals surface area contributed by atoms with E-state index in [-0.39, 0.29) is 0 Å². The maximum atomic E-state index is 5.67. The van der Waals surface area contributed by atoms with Crippen LogP contribution in [-0.4, -0.2) is 29.3 Å². The van der Waals surface area contributed by atoms with Crippen LogP contribution < -0.4 is 0 Å². The summed E-state index contributed by atoms with van der Waals surface area (Å²) < 4.78 is 0. The smallest absolute Gasteiger partial charge is 0.121 e. The van der Waals surface area contributed by atoms with Crippen LogP contribution in [0.15, 0.2) is 0 Å². The van der Waals surface area contributed by atoms with Gasteiger partial charge in [-0.05, 0) is 32.1 Å². The van der Waals surface area contributed by atoms with Crippen molar-refractivity contribution in [3.8, 4) is 0 Å². The molecule has 19 heavy (non-hydrogen) atoms. The summed E-state index contributed by atoms with van der Waals surface area (Å²) in [4.78, 5) is 3.80. The maximum absolute atomic E-state index is 5.67. The SMILES string of the molecule is CC(C)N1C(=S)CC2CC3[B]C3(C(C)C)CCCC21. The van der Waals surface area contributed by atoms with E-state index in [9.17, 15) is 0 Å². The summed E-state index contributed by atoms with van der Waals surface area (Å²) in [5, 5.41) is 0.595. The summed E-state index contributed by atoms with van der Waals surface area (Å²) in [6.45, 7) is 9.43. The topological polar surface area (TPSA) is 3.24 Å². The number of thiocarbonyl (C=S) groups is 1. The Balaban J connectivity index is 1.76. The second-order valence-electron chi connectivity index (χ2n) is 7.59. The molecule has 0 N–H and O–H groups in total. The van der Waals surface area contributed by atoms with Crippen molar-refractivity contribution in [2.45, 2.75) is 83.0 Å². The van der Waals surface area contributed by atoms with Crippen molar-refractivity contribution in [2.75, 3.05) is 0 Å². The largest absolute Gasteiger partial charge is 0.360 e. The van der Waals surface area contributed by atoms with E-state index >= 15 is 0 Å². The zero-order valence-electron chi connectivity index (χ0n) is 12.9. The summed E-state index contributed by atoms with van der Waals surface area (Å²) in [6.07, 6.45) is 6.73. The highest BCUT2D eigenvalue weighted by Gasteiger charge is 2.58. The van der Waals surface area contributed by atoms with Gasteiger partial charge in [0.1, 0.15) is 7.28 Å². The van der Waals surface area contributed by atoms with Crippen molar-refractivity contribution in [3.63, 3.8) is 0 Å². The molecule has 3 heteroatoms. The Labute approximate surface area is 124 Å². The monoisotopic (exact) mass is 276 g/mol. The van der Waals surface area contributed by atoms with E-state index < -0.39 is 0 Å². The summed E-state index contributed by atoms with van der Waals surface area (Å²) in [6, 6.07) is 1.33. The highest BCUT2D eigenvalue weighted by molar-refractivity contribution is 7.80. The van der Waals surface area contributed by atoms with Crippen molar-refractivity contribution < 1.29 is 0 Å². The zero-order chi connectivity index (χ0) is 13.8. The van der Waals surface area contributed by atoms with Gasteiger partial charge in [-0.15, -0.1) is 0 Å². The van der Waals surface area contributed by atoms with Gasteiger partial charge in [-0.3, -0.25) is 0 Å². The van der Waals surface area contributed by atoms with Crippen LogP contribution in [0.2, 0.25) is 11.1 Å². The van der Waals surface area contributed by atoms with Gasteiger partial charge in [-0.1, -0.05) is 56.5 Å². The maximum Gasteiger partial charge on any atom is 0.121 e. The highest BCUT2D eigenvalue weighted by atomic mass is 32.1. The van der Waals surface area contributed by atoms with Crippen LogP contribution in [0.3, 0.4) is 0 Å². The lowest BCUT2D eigenvalue weighted by molar-refractivity contribution is 0.196. The lowest BCUT2D eigenvalue weighted by Gasteiger charge is -2.36. The van der Waals surface area contributed by atoms with E-state index in [1.54, 1.807) is 0 Å². The molecule has 1 nitrogen and oxygen atoms in total. The fraction of sp³-hybridized carbons (Fsp3) is 0.938. The minimum Gasteiger partial charge on any atom is -0.360 e. The molecule has 105 valence electrons.